The SMILES string of the molecule is C=CCN=c1scc(-c2ccc3c(c2)NC(=O)CO3)n1N=C(CC)CC. The Morgan fingerprint density at radius 1 is 1.42 bits per heavy atom. The van der Waals surface area contributed by atoms with Crippen LogP contribution in [0.1, 0.15) is 26.7 Å². The lowest BCUT2D eigenvalue weighted by molar-refractivity contribution is -0.118. The quantitative estimate of drug-likeness (QED) is 0.623. The highest BCUT2D eigenvalue weighted by Crippen LogP contribution is 2.32. The van der Waals surface area contributed by atoms with Crippen LogP contribution in [0, 0.1) is 0 Å². The van der Waals surface area contributed by atoms with E-state index in [4.69, 9.17) is 9.84 Å². The molecule has 1 aliphatic heterocycles. The molecule has 0 aliphatic carbocycles. The van der Waals surface area contributed by atoms with Crippen molar-refractivity contribution in [2.75, 3.05) is 18.5 Å². The molecule has 0 saturated carbocycles. The maximum atomic E-state index is 11.6. The zero-order chi connectivity index (χ0) is 18.5. The molecule has 0 atom stereocenters. The van der Waals surface area contributed by atoms with Crippen molar-refractivity contribution in [1.29, 1.82) is 0 Å². The summed E-state index contributed by atoms with van der Waals surface area (Å²) < 4.78 is 7.32. The molecule has 0 fully saturated rings. The smallest absolute Gasteiger partial charge is 0.262 e. The average Bonchev–Trinajstić information content (AvgIpc) is 3.06. The van der Waals surface area contributed by atoms with E-state index in [0.29, 0.717) is 18.0 Å². The molecule has 0 radical (unpaired) electrons. The normalized spacial score (nSPS) is 13.6. The van der Waals surface area contributed by atoms with Gasteiger partial charge in [-0.1, -0.05) is 19.9 Å². The number of aromatic nitrogens is 1. The van der Waals surface area contributed by atoms with E-state index in [0.717, 1.165) is 34.6 Å². The number of thiazole rings is 1. The largest absolute Gasteiger partial charge is 0.482 e. The average molecular weight is 370 g/mol. The van der Waals surface area contributed by atoms with E-state index in [2.05, 4.69) is 30.7 Å². The van der Waals surface area contributed by atoms with E-state index in [1.165, 1.54) is 11.3 Å². The number of rotatable bonds is 6. The fourth-order valence-corrected chi connectivity index (χ4v) is 3.46. The third kappa shape index (κ3) is 3.77. The van der Waals surface area contributed by atoms with Gasteiger partial charge in [-0.2, -0.15) is 5.10 Å². The van der Waals surface area contributed by atoms with Gasteiger partial charge in [-0.25, -0.2) is 4.68 Å². The van der Waals surface area contributed by atoms with Crippen molar-refractivity contribution in [1.82, 2.24) is 4.68 Å². The Bertz CT molecular complexity index is 918. The molecular weight excluding hydrogens is 348 g/mol. The molecule has 2 aromatic rings. The van der Waals surface area contributed by atoms with Crippen LogP contribution in [-0.4, -0.2) is 29.4 Å². The Hall–Kier alpha value is -2.67. The second-order valence-electron chi connectivity index (χ2n) is 5.77. The van der Waals surface area contributed by atoms with Gasteiger partial charge < -0.3 is 10.1 Å². The van der Waals surface area contributed by atoms with Gasteiger partial charge in [-0.05, 0) is 31.0 Å². The lowest BCUT2D eigenvalue weighted by Gasteiger charge is -2.18. The van der Waals surface area contributed by atoms with Crippen molar-refractivity contribution in [3.8, 4) is 17.0 Å². The molecule has 0 unspecified atom stereocenters. The van der Waals surface area contributed by atoms with Gasteiger partial charge in [0.1, 0.15) is 5.75 Å². The van der Waals surface area contributed by atoms with Crippen LogP contribution in [-0.2, 0) is 4.79 Å². The van der Waals surface area contributed by atoms with Gasteiger partial charge in [0.15, 0.2) is 6.61 Å². The van der Waals surface area contributed by atoms with Crippen LogP contribution >= 0.6 is 11.3 Å². The minimum atomic E-state index is -0.146. The summed E-state index contributed by atoms with van der Waals surface area (Å²) in [5.41, 5.74) is 3.65. The number of nitrogens with zero attached hydrogens (tertiary/aromatic N) is 3. The van der Waals surface area contributed by atoms with Crippen molar-refractivity contribution >= 4 is 28.6 Å². The number of anilines is 1. The van der Waals surface area contributed by atoms with Crippen LogP contribution in [0.5, 0.6) is 5.75 Å². The standard InChI is InChI=1S/C19H22N4O2S/c1-4-9-20-19-23(22-14(5-2)6-3)16(12-26-19)13-7-8-17-15(10-13)21-18(24)11-25-17/h4,7-8,10,12H,1,5-6,9,11H2,2-3H3,(H,21,24). The second kappa shape index (κ2) is 8.14. The Labute approximate surface area is 156 Å². The van der Waals surface area contributed by atoms with Gasteiger partial charge in [0.05, 0.1) is 17.9 Å². The van der Waals surface area contributed by atoms with Gasteiger partial charge >= 0.3 is 0 Å². The Morgan fingerprint density at radius 2 is 2.23 bits per heavy atom. The summed E-state index contributed by atoms with van der Waals surface area (Å²) in [7, 11) is 0. The van der Waals surface area contributed by atoms with Crippen LogP contribution in [0.3, 0.4) is 0 Å². The van der Waals surface area contributed by atoms with E-state index in [1.54, 1.807) is 6.08 Å². The molecule has 1 aliphatic rings. The molecular formula is C19H22N4O2S. The predicted octanol–water partition coefficient (Wildman–Crippen LogP) is 3.66. The molecule has 1 N–H and O–H groups in total. The second-order valence-corrected chi connectivity index (χ2v) is 6.60. The van der Waals surface area contributed by atoms with Crippen molar-refractivity contribution in [3.05, 3.63) is 41.0 Å². The molecule has 3 rings (SSSR count). The first-order valence-corrected chi connectivity index (χ1v) is 9.50. The number of ether oxygens (including phenoxy) is 1. The number of benzene rings is 1. The van der Waals surface area contributed by atoms with Crippen LogP contribution in [0.4, 0.5) is 5.69 Å². The molecule has 136 valence electrons. The molecule has 2 heterocycles. The molecule has 0 bridgehead atoms. The summed E-state index contributed by atoms with van der Waals surface area (Å²) in [6.45, 7) is 8.52. The molecule has 0 saturated heterocycles. The molecule has 6 nitrogen and oxygen atoms in total. The third-order valence-corrected chi connectivity index (χ3v) is 4.86. The Morgan fingerprint density at radius 3 is 2.96 bits per heavy atom. The number of carbonyl (C=O) groups is 1. The van der Waals surface area contributed by atoms with Crippen LogP contribution < -0.4 is 14.9 Å². The third-order valence-electron chi connectivity index (χ3n) is 4.01. The molecule has 1 aromatic heterocycles. The van der Waals surface area contributed by atoms with Gasteiger partial charge in [0.25, 0.3) is 5.91 Å². The molecule has 1 amide bonds. The Balaban J connectivity index is 2.12. The lowest BCUT2D eigenvalue weighted by Crippen LogP contribution is -2.25. The van der Waals surface area contributed by atoms with Gasteiger partial charge in [0, 0.05) is 16.7 Å². The summed E-state index contributed by atoms with van der Waals surface area (Å²) in [4.78, 5) is 17.0. The van der Waals surface area contributed by atoms with Crippen LogP contribution in [0.2, 0.25) is 0 Å². The first-order chi connectivity index (χ1) is 12.7. The van der Waals surface area contributed by atoms with Crippen molar-refractivity contribution in [3.63, 3.8) is 0 Å². The van der Waals surface area contributed by atoms with Gasteiger partial charge in [-0.15, -0.1) is 17.9 Å². The maximum Gasteiger partial charge on any atom is 0.262 e. The van der Waals surface area contributed by atoms with Crippen molar-refractivity contribution in [2.24, 2.45) is 10.1 Å². The van der Waals surface area contributed by atoms with Crippen LogP contribution in [0.15, 0.2) is 46.3 Å². The van der Waals surface area contributed by atoms with E-state index in [-0.39, 0.29) is 12.5 Å². The van der Waals surface area contributed by atoms with E-state index >= 15 is 0 Å². The fraction of sp³-hybridized carbons (Fsp3) is 0.316. The predicted molar refractivity (Wildman–Crippen MR) is 106 cm³/mol. The number of nitrogens with one attached hydrogen (secondary N) is 1. The van der Waals surface area contributed by atoms with Crippen molar-refractivity contribution in [2.45, 2.75) is 26.7 Å². The van der Waals surface area contributed by atoms with E-state index in [9.17, 15) is 4.79 Å². The first-order valence-electron chi connectivity index (χ1n) is 8.62. The topological polar surface area (TPSA) is 68.0 Å². The number of hydrogen-bond donors (Lipinski definition) is 1. The molecule has 1 aromatic carbocycles. The Kier molecular flexibility index (Phi) is 5.68. The first kappa shape index (κ1) is 18.1. The van der Waals surface area contributed by atoms with Crippen molar-refractivity contribution < 1.29 is 9.53 Å². The summed E-state index contributed by atoms with van der Waals surface area (Å²) in [6, 6.07) is 5.76. The fourth-order valence-electron chi connectivity index (χ4n) is 2.62. The number of carbonyl (C=O) groups excluding carboxylic acids is 1. The van der Waals surface area contributed by atoms with E-state index < -0.39 is 0 Å². The summed E-state index contributed by atoms with van der Waals surface area (Å²) in [6.07, 6.45) is 3.53. The van der Waals surface area contributed by atoms with Gasteiger partial charge in [0.2, 0.25) is 4.80 Å². The highest BCUT2D eigenvalue weighted by molar-refractivity contribution is 7.07. The monoisotopic (exact) mass is 370 g/mol. The number of hydrogen-bond acceptors (Lipinski definition) is 5. The zero-order valence-electron chi connectivity index (χ0n) is 15.0. The summed E-state index contributed by atoms with van der Waals surface area (Å²) in [5, 5.41) is 9.69. The number of amides is 1. The summed E-state index contributed by atoms with van der Waals surface area (Å²) in [5.74, 6) is 0.532. The minimum Gasteiger partial charge on any atom is -0.482 e. The van der Waals surface area contributed by atoms with Crippen LogP contribution in [0.25, 0.3) is 11.3 Å². The number of fused-ring (bicyclic) bond motifs is 1. The van der Waals surface area contributed by atoms with Gasteiger partial charge in [-0.3, -0.25) is 9.79 Å². The lowest BCUT2D eigenvalue weighted by atomic mass is 10.1. The maximum absolute atomic E-state index is 11.6. The minimum absolute atomic E-state index is 0.0516. The highest BCUT2D eigenvalue weighted by Gasteiger charge is 2.17. The van der Waals surface area contributed by atoms with E-state index in [1.807, 2.05) is 28.3 Å². The molecule has 0 spiro atoms. The molecule has 7 heteroatoms. The highest BCUT2D eigenvalue weighted by atomic mass is 32.1. The molecule has 26 heavy (non-hydrogen) atoms. The summed E-state index contributed by atoms with van der Waals surface area (Å²) >= 11 is 1.53. The zero-order valence-corrected chi connectivity index (χ0v) is 15.8.